The highest BCUT2D eigenvalue weighted by atomic mass is 32.2. The standard InChI is InChI=1S/C19H20N4OS/c1-2-6-15(7-3-1)13-23-18(16-8-4-10-20-12-16)21-22-19(23)25-14-17-9-5-11-24-17/h1-4,6-8,10,12,17H,5,9,11,13-14H2. The minimum Gasteiger partial charge on any atom is -0.377 e. The van der Waals surface area contributed by atoms with Crippen LogP contribution in [0.5, 0.6) is 0 Å². The van der Waals surface area contributed by atoms with Crippen LogP contribution in [0.2, 0.25) is 0 Å². The van der Waals surface area contributed by atoms with E-state index in [9.17, 15) is 0 Å². The third-order valence-electron chi connectivity index (χ3n) is 4.24. The van der Waals surface area contributed by atoms with E-state index in [1.54, 1.807) is 18.0 Å². The number of pyridine rings is 1. The molecule has 0 radical (unpaired) electrons. The van der Waals surface area contributed by atoms with Gasteiger partial charge >= 0.3 is 0 Å². The largest absolute Gasteiger partial charge is 0.377 e. The normalized spacial score (nSPS) is 17.0. The molecule has 25 heavy (non-hydrogen) atoms. The summed E-state index contributed by atoms with van der Waals surface area (Å²) in [4.78, 5) is 4.22. The van der Waals surface area contributed by atoms with Gasteiger partial charge in [0.25, 0.3) is 0 Å². The number of rotatable bonds is 6. The van der Waals surface area contributed by atoms with Crippen molar-refractivity contribution >= 4 is 11.8 Å². The van der Waals surface area contributed by atoms with Crippen LogP contribution in [-0.2, 0) is 11.3 Å². The predicted octanol–water partition coefficient (Wildman–Crippen LogP) is 3.66. The molecule has 3 aromatic rings. The second-order valence-corrected chi connectivity index (χ2v) is 7.05. The van der Waals surface area contributed by atoms with Crippen LogP contribution in [0.3, 0.4) is 0 Å². The summed E-state index contributed by atoms with van der Waals surface area (Å²) in [6.45, 7) is 1.62. The Balaban J connectivity index is 1.62. The molecule has 1 atom stereocenters. The zero-order valence-corrected chi connectivity index (χ0v) is 14.7. The average molecular weight is 352 g/mol. The summed E-state index contributed by atoms with van der Waals surface area (Å²) < 4.78 is 7.91. The SMILES string of the molecule is c1ccc(Cn2c(SCC3CCCO3)nnc2-c2cccnc2)cc1. The number of aromatic nitrogens is 4. The van der Waals surface area contributed by atoms with Crippen molar-refractivity contribution in [2.24, 2.45) is 0 Å². The number of benzene rings is 1. The molecule has 0 amide bonds. The van der Waals surface area contributed by atoms with E-state index in [1.165, 1.54) is 5.56 Å². The van der Waals surface area contributed by atoms with Gasteiger partial charge in [-0.3, -0.25) is 9.55 Å². The fourth-order valence-corrected chi connectivity index (χ4v) is 3.96. The maximum Gasteiger partial charge on any atom is 0.191 e. The highest BCUT2D eigenvalue weighted by Gasteiger charge is 2.19. The average Bonchev–Trinajstić information content (AvgIpc) is 3.32. The number of thioether (sulfide) groups is 1. The lowest BCUT2D eigenvalue weighted by Gasteiger charge is -2.12. The van der Waals surface area contributed by atoms with Gasteiger partial charge in [0.15, 0.2) is 11.0 Å². The van der Waals surface area contributed by atoms with Crippen molar-refractivity contribution in [1.82, 2.24) is 19.7 Å². The summed E-state index contributed by atoms with van der Waals surface area (Å²) in [6.07, 6.45) is 6.22. The molecule has 0 aliphatic carbocycles. The maximum atomic E-state index is 5.74. The molecule has 4 rings (SSSR count). The number of ether oxygens (including phenoxy) is 1. The lowest BCUT2D eigenvalue weighted by atomic mass is 10.2. The Kier molecular flexibility index (Phi) is 5.09. The molecule has 1 aliphatic heterocycles. The maximum absolute atomic E-state index is 5.74. The molecule has 1 aliphatic rings. The van der Waals surface area contributed by atoms with Gasteiger partial charge in [-0.15, -0.1) is 10.2 Å². The van der Waals surface area contributed by atoms with Crippen LogP contribution < -0.4 is 0 Å². The Labute approximate surface area is 151 Å². The van der Waals surface area contributed by atoms with Crippen molar-refractivity contribution in [2.75, 3.05) is 12.4 Å². The summed E-state index contributed by atoms with van der Waals surface area (Å²) in [6, 6.07) is 14.3. The van der Waals surface area contributed by atoms with Crippen LogP contribution in [0.1, 0.15) is 18.4 Å². The Morgan fingerprint density at radius 3 is 2.80 bits per heavy atom. The van der Waals surface area contributed by atoms with Crippen molar-refractivity contribution in [1.29, 1.82) is 0 Å². The van der Waals surface area contributed by atoms with Crippen LogP contribution in [0, 0.1) is 0 Å². The highest BCUT2D eigenvalue weighted by molar-refractivity contribution is 7.99. The first-order chi connectivity index (χ1) is 12.4. The van der Waals surface area contributed by atoms with Crippen LogP contribution in [0.15, 0.2) is 60.0 Å². The van der Waals surface area contributed by atoms with Crippen LogP contribution in [0.4, 0.5) is 0 Å². The fraction of sp³-hybridized carbons (Fsp3) is 0.316. The van der Waals surface area contributed by atoms with Crippen LogP contribution in [0.25, 0.3) is 11.4 Å². The van der Waals surface area contributed by atoms with Gasteiger partial charge in [-0.25, -0.2) is 0 Å². The lowest BCUT2D eigenvalue weighted by Crippen LogP contribution is -2.10. The van der Waals surface area contributed by atoms with Gasteiger partial charge in [0, 0.05) is 30.3 Å². The molecule has 1 unspecified atom stereocenters. The minimum absolute atomic E-state index is 0.328. The van der Waals surface area contributed by atoms with Gasteiger partial charge in [-0.2, -0.15) is 0 Å². The molecule has 1 saturated heterocycles. The van der Waals surface area contributed by atoms with Gasteiger partial charge < -0.3 is 4.74 Å². The summed E-state index contributed by atoms with van der Waals surface area (Å²) in [5, 5.41) is 9.81. The number of hydrogen-bond acceptors (Lipinski definition) is 5. The van der Waals surface area contributed by atoms with Gasteiger partial charge in [-0.1, -0.05) is 42.1 Å². The molecule has 6 heteroatoms. The van der Waals surface area contributed by atoms with E-state index in [2.05, 4.69) is 44.0 Å². The summed E-state index contributed by atoms with van der Waals surface area (Å²) in [5.41, 5.74) is 2.21. The lowest BCUT2D eigenvalue weighted by molar-refractivity contribution is 0.129. The van der Waals surface area contributed by atoms with Crippen molar-refractivity contribution in [3.05, 3.63) is 60.4 Å². The highest BCUT2D eigenvalue weighted by Crippen LogP contribution is 2.27. The van der Waals surface area contributed by atoms with E-state index in [4.69, 9.17) is 4.74 Å². The van der Waals surface area contributed by atoms with Crippen molar-refractivity contribution in [3.8, 4) is 11.4 Å². The first kappa shape index (κ1) is 16.3. The summed E-state index contributed by atoms with van der Waals surface area (Å²) in [5.74, 6) is 1.77. The Hall–Kier alpha value is -2.18. The van der Waals surface area contributed by atoms with Crippen molar-refractivity contribution in [2.45, 2.75) is 30.6 Å². The van der Waals surface area contributed by atoms with Gasteiger partial charge in [0.1, 0.15) is 0 Å². The number of nitrogens with zero attached hydrogens (tertiary/aromatic N) is 4. The minimum atomic E-state index is 0.328. The predicted molar refractivity (Wildman–Crippen MR) is 98.5 cm³/mol. The molecule has 3 heterocycles. The molecule has 0 bridgehead atoms. The zero-order chi connectivity index (χ0) is 16.9. The zero-order valence-electron chi connectivity index (χ0n) is 13.9. The summed E-state index contributed by atoms with van der Waals surface area (Å²) in [7, 11) is 0. The topological polar surface area (TPSA) is 52.8 Å². The molecule has 2 aromatic heterocycles. The molecule has 0 spiro atoms. The molecular formula is C19H20N4OS. The van der Waals surface area contributed by atoms with E-state index in [0.717, 1.165) is 48.3 Å². The van der Waals surface area contributed by atoms with Crippen molar-refractivity contribution < 1.29 is 4.74 Å². The molecule has 0 saturated carbocycles. The molecule has 0 N–H and O–H groups in total. The smallest absolute Gasteiger partial charge is 0.191 e. The van der Waals surface area contributed by atoms with Crippen LogP contribution in [-0.4, -0.2) is 38.2 Å². The second-order valence-electron chi connectivity index (χ2n) is 6.07. The fourth-order valence-electron chi connectivity index (χ4n) is 2.96. The third kappa shape index (κ3) is 3.91. The van der Waals surface area contributed by atoms with Crippen LogP contribution >= 0.6 is 11.8 Å². The van der Waals surface area contributed by atoms with E-state index < -0.39 is 0 Å². The number of hydrogen-bond donors (Lipinski definition) is 0. The molecule has 1 fully saturated rings. The molecule has 1 aromatic carbocycles. The summed E-state index contributed by atoms with van der Waals surface area (Å²) >= 11 is 1.72. The third-order valence-corrected chi connectivity index (χ3v) is 5.34. The van der Waals surface area contributed by atoms with Gasteiger partial charge in [-0.05, 0) is 30.5 Å². The Morgan fingerprint density at radius 1 is 1.12 bits per heavy atom. The van der Waals surface area contributed by atoms with E-state index >= 15 is 0 Å². The molecule has 128 valence electrons. The Bertz CT molecular complexity index is 801. The first-order valence-corrected chi connectivity index (χ1v) is 9.50. The van der Waals surface area contributed by atoms with E-state index in [-0.39, 0.29) is 0 Å². The monoisotopic (exact) mass is 352 g/mol. The van der Waals surface area contributed by atoms with Gasteiger partial charge in [0.05, 0.1) is 12.6 Å². The van der Waals surface area contributed by atoms with E-state index in [1.807, 2.05) is 24.4 Å². The quantitative estimate of drug-likeness (QED) is 0.634. The molecule has 5 nitrogen and oxygen atoms in total. The van der Waals surface area contributed by atoms with Gasteiger partial charge in [0.2, 0.25) is 0 Å². The van der Waals surface area contributed by atoms with Crippen molar-refractivity contribution in [3.63, 3.8) is 0 Å². The first-order valence-electron chi connectivity index (χ1n) is 8.52. The molecular weight excluding hydrogens is 332 g/mol. The second kappa shape index (κ2) is 7.80. The van der Waals surface area contributed by atoms with E-state index in [0.29, 0.717) is 6.10 Å². The Morgan fingerprint density at radius 2 is 2.04 bits per heavy atom.